The van der Waals surface area contributed by atoms with E-state index in [0.29, 0.717) is 0 Å². The van der Waals surface area contributed by atoms with Crippen molar-refractivity contribution in [3.8, 4) is 0 Å². The molecule has 1 aliphatic carbocycles. The predicted octanol–water partition coefficient (Wildman–Crippen LogP) is 3.98. The Kier molecular flexibility index (Phi) is 7.26. The highest BCUT2D eigenvalue weighted by Crippen LogP contribution is 2.46. The molecule has 1 aliphatic heterocycles. The molecule has 0 radical (unpaired) electrons. The molecule has 0 aromatic heterocycles. The van der Waals surface area contributed by atoms with Gasteiger partial charge >= 0.3 is 0 Å². The summed E-state index contributed by atoms with van der Waals surface area (Å²) in [5.41, 5.74) is 0.770. The lowest BCUT2D eigenvalue weighted by Gasteiger charge is -2.46. The smallest absolute Gasteiger partial charge is 0.00391 e. The summed E-state index contributed by atoms with van der Waals surface area (Å²) in [4.78, 5) is 0. The number of hydrogen-bond donors (Lipinski definition) is 1. The van der Waals surface area contributed by atoms with E-state index in [1.165, 1.54) is 38.6 Å². The molecule has 0 bridgehead atoms. The molecule has 1 nitrogen and oxygen atoms in total. The standard InChI is InChI=1S/C9H17N.2C2H6/c1-8-3-6-9(7-10-8)4-2-5-9;2*1-2/h8,10H,2-7H2,1H3;2*1-2H3. The molecule has 1 unspecified atom stereocenters. The van der Waals surface area contributed by atoms with Gasteiger partial charge in [0.2, 0.25) is 0 Å². The summed E-state index contributed by atoms with van der Waals surface area (Å²) in [5.74, 6) is 0. The van der Waals surface area contributed by atoms with Crippen molar-refractivity contribution in [2.24, 2.45) is 5.41 Å². The van der Waals surface area contributed by atoms with Crippen molar-refractivity contribution in [3.05, 3.63) is 0 Å². The largest absolute Gasteiger partial charge is 0.314 e. The quantitative estimate of drug-likeness (QED) is 0.622. The second kappa shape index (κ2) is 7.28. The van der Waals surface area contributed by atoms with Crippen LogP contribution in [0.5, 0.6) is 0 Å². The van der Waals surface area contributed by atoms with E-state index in [0.717, 1.165) is 11.5 Å². The third kappa shape index (κ3) is 3.61. The minimum absolute atomic E-state index is 0.770. The minimum Gasteiger partial charge on any atom is -0.314 e. The Bertz CT molecular complexity index is 117. The molecular weight excluding hydrogens is 170 g/mol. The lowest BCUT2D eigenvalue weighted by atomic mass is 9.64. The summed E-state index contributed by atoms with van der Waals surface area (Å²) >= 11 is 0. The molecule has 1 atom stereocenters. The van der Waals surface area contributed by atoms with Crippen LogP contribution in [-0.2, 0) is 0 Å². The van der Waals surface area contributed by atoms with Crippen molar-refractivity contribution >= 4 is 0 Å². The molecule has 1 saturated carbocycles. The summed E-state index contributed by atoms with van der Waals surface area (Å²) in [6.07, 6.45) is 7.36. The van der Waals surface area contributed by atoms with E-state index in [2.05, 4.69) is 12.2 Å². The Morgan fingerprint density at radius 1 is 1.00 bits per heavy atom. The molecule has 1 heteroatoms. The van der Waals surface area contributed by atoms with Crippen molar-refractivity contribution in [3.63, 3.8) is 0 Å². The van der Waals surface area contributed by atoms with E-state index in [1.54, 1.807) is 0 Å². The van der Waals surface area contributed by atoms with Crippen LogP contribution in [0.25, 0.3) is 0 Å². The average molecular weight is 199 g/mol. The van der Waals surface area contributed by atoms with Gasteiger partial charge in [0, 0.05) is 12.6 Å². The van der Waals surface area contributed by atoms with Gasteiger partial charge in [0.05, 0.1) is 0 Å². The van der Waals surface area contributed by atoms with Crippen molar-refractivity contribution in [2.75, 3.05) is 6.54 Å². The number of nitrogens with one attached hydrogen (secondary N) is 1. The van der Waals surface area contributed by atoms with Gasteiger partial charge in [0.25, 0.3) is 0 Å². The normalized spacial score (nSPS) is 27.6. The van der Waals surface area contributed by atoms with E-state index in [9.17, 15) is 0 Å². The zero-order chi connectivity index (χ0) is 11.0. The van der Waals surface area contributed by atoms with Crippen molar-refractivity contribution in [1.29, 1.82) is 0 Å². The van der Waals surface area contributed by atoms with Crippen molar-refractivity contribution in [1.82, 2.24) is 5.32 Å². The van der Waals surface area contributed by atoms with Gasteiger partial charge in [-0.1, -0.05) is 34.1 Å². The van der Waals surface area contributed by atoms with Crippen LogP contribution in [0.3, 0.4) is 0 Å². The third-order valence-electron chi connectivity index (χ3n) is 3.35. The second-order valence-corrected chi connectivity index (χ2v) is 4.17. The summed E-state index contributed by atoms with van der Waals surface area (Å²) in [6.45, 7) is 11.6. The van der Waals surface area contributed by atoms with Gasteiger partial charge < -0.3 is 5.32 Å². The summed E-state index contributed by atoms with van der Waals surface area (Å²) in [7, 11) is 0. The second-order valence-electron chi connectivity index (χ2n) is 4.17. The molecular formula is C13H29N. The molecule has 1 spiro atoms. The molecule has 2 rings (SSSR count). The number of hydrogen-bond acceptors (Lipinski definition) is 1. The highest BCUT2D eigenvalue weighted by atomic mass is 14.9. The lowest BCUT2D eigenvalue weighted by Crippen LogP contribution is -2.47. The van der Waals surface area contributed by atoms with Crippen molar-refractivity contribution in [2.45, 2.75) is 72.8 Å². The SMILES string of the molecule is CC.CC.CC1CCC2(CCC2)CN1. The summed E-state index contributed by atoms with van der Waals surface area (Å²) < 4.78 is 0. The zero-order valence-corrected chi connectivity index (χ0v) is 10.8. The van der Waals surface area contributed by atoms with Gasteiger partial charge in [-0.25, -0.2) is 0 Å². The van der Waals surface area contributed by atoms with E-state index in [4.69, 9.17) is 0 Å². The monoisotopic (exact) mass is 199 g/mol. The maximum Gasteiger partial charge on any atom is 0.00391 e. The molecule has 0 aromatic rings. The van der Waals surface area contributed by atoms with E-state index >= 15 is 0 Å². The minimum atomic E-state index is 0.770. The Labute approximate surface area is 90.7 Å². The van der Waals surface area contributed by atoms with Crippen LogP contribution in [0.15, 0.2) is 0 Å². The molecule has 0 aromatic carbocycles. The Hall–Kier alpha value is -0.0400. The Morgan fingerprint density at radius 3 is 1.86 bits per heavy atom. The van der Waals surface area contributed by atoms with Crippen LogP contribution >= 0.6 is 0 Å². The fraction of sp³-hybridized carbons (Fsp3) is 1.00. The van der Waals surface area contributed by atoms with Gasteiger partial charge in [-0.3, -0.25) is 0 Å². The highest BCUT2D eigenvalue weighted by molar-refractivity contribution is 4.93. The Morgan fingerprint density at radius 2 is 1.57 bits per heavy atom. The van der Waals surface area contributed by atoms with Crippen LogP contribution in [0.1, 0.15) is 66.7 Å². The van der Waals surface area contributed by atoms with Crippen molar-refractivity contribution < 1.29 is 0 Å². The van der Waals surface area contributed by atoms with Gasteiger partial charge in [0.1, 0.15) is 0 Å². The van der Waals surface area contributed by atoms with Gasteiger partial charge in [-0.2, -0.15) is 0 Å². The van der Waals surface area contributed by atoms with Crippen LogP contribution in [-0.4, -0.2) is 12.6 Å². The first-order chi connectivity index (χ1) is 6.81. The molecule has 2 aliphatic rings. The Balaban J connectivity index is 0.000000379. The fourth-order valence-corrected chi connectivity index (χ4v) is 2.21. The van der Waals surface area contributed by atoms with Gasteiger partial charge in [-0.05, 0) is 38.0 Å². The molecule has 1 N–H and O–H groups in total. The lowest BCUT2D eigenvalue weighted by molar-refractivity contribution is 0.0795. The molecule has 0 amide bonds. The van der Waals surface area contributed by atoms with Gasteiger partial charge in [0.15, 0.2) is 0 Å². The van der Waals surface area contributed by atoms with E-state index < -0.39 is 0 Å². The van der Waals surface area contributed by atoms with Crippen LogP contribution < -0.4 is 5.32 Å². The topological polar surface area (TPSA) is 12.0 Å². The predicted molar refractivity (Wildman–Crippen MR) is 65.7 cm³/mol. The first kappa shape index (κ1) is 14.0. The third-order valence-corrected chi connectivity index (χ3v) is 3.35. The first-order valence-corrected chi connectivity index (χ1v) is 6.54. The highest BCUT2D eigenvalue weighted by Gasteiger charge is 2.38. The van der Waals surface area contributed by atoms with Crippen LogP contribution in [0, 0.1) is 5.41 Å². The number of rotatable bonds is 0. The molecule has 14 heavy (non-hydrogen) atoms. The fourth-order valence-electron chi connectivity index (χ4n) is 2.21. The molecule has 86 valence electrons. The molecule has 1 heterocycles. The summed E-state index contributed by atoms with van der Waals surface area (Å²) in [6, 6.07) is 0.784. The van der Waals surface area contributed by atoms with Crippen LogP contribution in [0.2, 0.25) is 0 Å². The van der Waals surface area contributed by atoms with Crippen LogP contribution in [0.4, 0.5) is 0 Å². The first-order valence-electron chi connectivity index (χ1n) is 6.54. The zero-order valence-electron chi connectivity index (χ0n) is 10.8. The van der Waals surface area contributed by atoms with E-state index in [1.807, 2.05) is 27.7 Å². The summed E-state index contributed by atoms with van der Waals surface area (Å²) in [5, 5.41) is 3.57. The van der Waals surface area contributed by atoms with Gasteiger partial charge in [-0.15, -0.1) is 0 Å². The molecule has 1 saturated heterocycles. The average Bonchev–Trinajstić information content (AvgIpc) is 2.23. The maximum absolute atomic E-state index is 3.57. The van der Waals surface area contributed by atoms with E-state index in [-0.39, 0.29) is 0 Å². The maximum atomic E-state index is 3.57. The molecule has 2 fully saturated rings. The number of piperidine rings is 1.